The SMILES string of the molecule is CCCc1ccc(-n2nnnc2CNC(C)(C)C)cc1. The molecule has 0 aliphatic carbocycles. The topological polar surface area (TPSA) is 55.6 Å². The maximum Gasteiger partial charge on any atom is 0.170 e. The Labute approximate surface area is 120 Å². The number of rotatable bonds is 5. The Morgan fingerprint density at radius 2 is 1.85 bits per heavy atom. The summed E-state index contributed by atoms with van der Waals surface area (Å²) in [5.41, 5.74) is 2.39. The molecular formula is C15H23N5. The molecule has 2 aromatic rings. The first kappa shape index (κ1) is 14.7. The van der Waals surface area contributed by atoms with Crippen LogP contribution in [0.15, 0.2) is 24.3 Å². The van der Waals surface area contributed by atoms with Crippen LogP contribution in [0.25, 0.3) is 5.69 Å². The molecule has 0 amide bonds. The Hall–Kier alpha value is -1.75. The fraction of sp³-hybridized carbons (Fsp3) is 0.533. The predicted octanol–water partition coefficient (Wildman–Crippen LogP) is 2.50. The number of benzene rings is 1. The van der Waals surface area contributed by atoms with Crippen LogP contribution >= 0.6 is 0 Å². The molecule has 108 valence electrons. The lowest BCUT2D eigenvalue weighted by Gasteiger charge is -2.19. The van der Waals surface area contributed by atoms with Gasteiger partial charge in [-0.25, -0.2) is 0 Å². The van der Waals surface area contributed by atoms with Gasteiger partial charge < -0.3 is 5.32 Å². The third-order valence-corrected chi connectivity index (χ3v) is 3.03. The summed E-state index contributed by atoms with van der Waals surface area (Å²) < 4.78 is 1.79. The molecule has 0 saturated heterocycles. The van der Waals surface area contributed by atoms with E-state index in [9.17, 15) is 0 Å². The highest BCUT2D eigenvalue weighted by Gasteiger charge is 2.13. The Morgan fingerprint density at radius 3 is 2.45 bits per heavy atom. The minimum Gasteiger partial charge on any atom is -0.305 e. The molecule has 0 atom stereocenters. The van der Waals surface area contributed by atoms with Crippen LogP contribution in [0.5, 0.6) is 0 Å². The van der Waals surface area contributed by atoms with Crippen molar-refractivity contribution in [2.75, 3.05) is 0 Å². The first-order valence-corrected chi connectivity index (χ1v) is 7.11. The molecule has 5 heteroatoms. The third kappa shape index (κ3) is 3.87. The van der Waals surface area contributed by atoms with Gasteiger partial charge in [0, 0.05) is 5.54 Å². The second-order valence-electron chi connectivity index (χ2n) is 6.03. The van der Waals surface area contributed by atoms with Crippen molar-refractivity contribution >= 4 is 0 Å². The van der Waals surface area contributed by atoms with Gasteiger partial charge in [0.05, 0.1) is 12.2 Å². The minimum atomic E-state index is 0.0434. The van der Waals surface area contributed by atoms with E-state index in [2.05, 4.69) is 72.8 Å². The van der Waals surface area contributed by atoms with Gasteiger partial charge in [-0.1, -0.05) is 25.5 Å². The molecule has 20 heavy (non-hydrogen) atoms. The molecule has 0 fully saturated rings. The second-order valence-corrected chi connectivity index (χ2v) is 6.03. The second kappa shape index (κ2) is 6.13. The molecule has 0 spiro atoms. The number of nitrogens with zero attached hydrogens (tertiary/aromatic N) is 4. The van der Waals surface area contributed by atoms with E-state index in [0.29, 0.717) is 6.54 Å². The highest BCUT2D eigenvalue weighted by molar-refractivity contribution is 5.34. The van der Waals surface area contributed by atoms with Gasteiger partial charge in [-0.3, -0.25) is 0 Å². The molecule has 0 bridgehead atoms. The van der Waals surface area contributed by atoms with Crippen LogP contribution in [-0.4, -0.2) is 25.7 Å². The van der Waals surface area contributed by atoms with Gasteiger partial charge >= 0.3 is 0 Å². The standard InChI is InChI=1S/C15H23N5/c1-5-6-12-7-9-13(10-8-12)20-14(17-18-19-20)11-16-15(2,3)4/h7-10,16H,5-6,11H2,1-4H3. The van der Waals surface area contributed by atoms with Crippen molar-refractivity contribution in [3.05, 3.63) is 35.7 Å². The van der Waals surface area contributed by atoms with Crippen molar-refractivity contribution in [1.29, 1.82) is 0 Å². The van der Waals surface area contributed by atoms with Gasteiger partial charge in [0.15, 0.2) is 5.82 Å². The summed E-state index contributed by atoms with van der Waals surface area (Å²) in [6.45, 7) is 9.21. The summed E-state index contributed by atoms with van der Waals surface area (Å²) in [6, 6.07) is 8.42. The zero-order valence-corrected chi connectivity index (χ0v) is 12.7. The predicted molar refractivity (Wildman–Crippen MR) is 79.7 cm³/mol. The highest BCUT2D eigenvalue weighted by Crippen LogP contribution is 2.12. The summed E-state index contributed by atoms with van der Waals surface area (Å²) in [5.74, 6) is 0.822. The van der Waals surface area contributed by atoms with E-state index in [0.717, 1.165) is 24.4 Å². The van der Waals surface area contributed by atoms with Gasteiger partial charge in [-0.15, -0.1) is 5.10 Å². The zero-order chi connectivity index (χ0) is 14.6. The van der Waals surface area contributed by atoms with Gasteiger partial charge in [0.1, 0.15) is 0 Å². The van der Waals surface area contributed by atoms with E-state index in [-0.39, 0.29) is 5.54 Å². The van der Waals surface area contributed by atoms with Crippen molar-refractivity contribution in [1.82, 2.24) is 25.5 Å². The fourth-order valence-electron chi connectivity index (χ4n) is 1.95. The van der Waals surface area contributed by atoms with E-state index >= 15 is 0 Å². The van der Waals surface area contributed by atoms with Crippen molar-refractivity contribution < 1.29 is 0 Å². The number of hydrogen-bond acceptors (Lipinski definition) is 4. The largest absolute Gasteiger partial charge is 0.305 e. The summed E-state index contributed by atoms with van der Waals surface area (Å²) in [4.78, 5) is 0. The van der Waals surface area contributed by atoms with Crippen molar-refractivity contribution in [3.8, 4) is 5.69 Å². The molecule has 1 N–H and O–H groups in total. The summed E-state index contributed by atoms with van der Waals surface area (Å²) in [7, 11) is 0. The van der Waals surface area contributed by atoms with Crippen LogP contribution in [0.2, 0.25) is 0 Å². The monoisotopic (exact) mass is 273 g/mol. The first-order chi connectivity index (χ1) is 9.49. The zero-order valence-electron chi connectivity index (χ0n) is 12.7. The van der Waals surface area contributed by atoms with Crippen LogP contribution in [-0.2, 0) is 13.0 Å². The van der Waals surface area contributed by atoms with Gasteiger partial charge in [-0.2, -0.15) is 4.68 Å². The molecule has 0 aliphatic heterocycles. The van der Waals surface area contributed by atoms with E-state index in [1.807, 2.05) is 0 Å². The molecule has 1 aromatic carbocycles. The Kier molecular flexibility index (Phi) is 4.49. The smallest absolute Gasteiger partial charge is 0.170 e. The summed E-state index contributed by atoms with van der Waals surface area (Å²) in [5, 5.41) is 15.4. The normalized spacial score (nSPS) is 11.8. The molecule has 0 radical (unpaired) electrons. The van der Waals surface area contributed by atoms with E-state index in [1.165, 1.54) is 5.56 Å². The molecule has 5 nitrogen and oxygen atoms in total. The molecule has 0 saturated carbocycles. The highest BCUT2D eigenvalue weighted by atomic mass is 15.5. The number of nitrogens with one attached hydrogen (secondary N) is 1. The van der Waals surface area contributed by atoms with E-state index < -0.39 is 0 Å². The van der Waals surface area contributed by atoms with Crippen LogP contribution in [0.3, 0.4) is 0 Å². The van der Waals surface area contributed by atoms with E-state index in [1.54, 1.807) is 4.68 Å². The van der Waals surface area contributed by atoms with Crippen LogP contribution in [0.1, 0.15) is 45.5 Å². The molecule has 1 aromatic heterocycles. The van der Waals surface area contributed by atoms with Crippen molar-refractivity contribution in [2.24, 2.45) is 0 Å². The average molecular weight is 273 g/mol. The number of aromatic nitrogens is 4. The fourth-order valence-corrected chi connectivity index (χ4v) is 1.95. The number of hydrogen-bond donors (Lipinski definition) is 1. The molecule has 0 unspecified atom stereocenters. The quantitative estimate of drug-likeness (QED) is 0.909. The van der Waals surface area contributed by atoms with Crippen LogP contribution in [0.4, 0.5) is 0 Å². The lowest BCUT2D eigenvalue weighted by atomic mass is 10.1. The van der Waals surface area contributed by atoms with E-state index in [4.69, 9.17) is 0 Å². The van der Waals surface area contributed by atoms with Crippen LogP contribution in [0, 0.1) is 0 Å². The first-order valence-electron chi connectivity index (χ1n) is 7.11. The Morgan fingerprint density at radius 1 is 1.15 bits per heavy atom. The summed E-state index contributed by atoms with van der Waals surface area (Å²) >= 11 is 0. The summed E-state index contributed by atoms with van der Waals surface area (Å²) in [6.07, 6.45) is 2.26. The van der Waals surface area contributed by atoms with Crippen LogP contribution < -0.4 is 5.32 Å². The minimum absolute atomic E-state index is 0.0434. The van der Waals surface area contributed by atoms with Crippen molar-refractivity contribution in [3.63, 3.8) is 0 Å². The molecule has 1 heterocycles. The third-order valence-electron chi connectivity index (χ3n) is 3.03. The lowest BCUT2D eigenvalue weighted by Crippen LogP contribution is -2.35. The average Bonchev–Trinajstić information content (AvgIpc) is 2.85. The molecule has 2 rings (SSSR count). The maximum absolute atomic E-state index is 4.09. The number of tetrazole rings is 1. The Bertz CT molecular complexity index is 536. The van der Waals surface area contributed by atoms with Gasteiger partial charge in [0.25, 0.3) is 0 Å². The Balaban J connectivity index is 2.14. The lowest BCUT2D eigenvalue weighted by molar-refractivity contribution is 0.415. The molecular weight excluding hydrogens is 250 g/mol. The van der Waals surface area contributed by atoms with Gasteiger partial charge in [0.2, 0.25) is 0 Å². The molecule has 0 aliphatic rings. The van der Waals surface area contributed by atoms with Crippen molar-refractivity contribution in [2.45, 2.75) is 52.6 Å². The number of aryl methyl sites for hydroxylation is 1. The maximum atomic E-state index is 4.09. The van der Waals surface area contributed by atoms with Gasteiger partial charge in [-0.05, 0) is 55.3 Å².